The molecule has 0 aromatic heterocycles. The molecule has 0 bridgehead atoms. The lowest BCUT2D eigenvalue weighted by molar-refractivity contribution is 0.765. The van der Waals surface area contributed by atoms with Crippen LogP contribution in [-0.2, 0) is 0 Å². The summed E-state index contributed by atoms with van der Waals surface area (Å²) in [6.45, 7) is 2.08. The smallest absolute Gasteiger partial charge is 0.120 e. The van der Waals surface area contributed by atoms with Crippen LogP contribution in [0.2, 0.25) is 0 Å². The molecule has 1 heterocycles. The lowest BCUT2D eigenvalue weighted by atomic mass is 10.1. The van der Waals surface area contributed by atoms with E-state index in [1.807, 2.05) is 6.08 Å². The van der Waals surface area contributed by atoms with Crippen LogP contribution < -0.4 is 0 Å². The van der Waals surface area contributed by atoms with Crippen molar-refractivity contribution in [1.29, 1.82) is 5.41 Å². The molecule has 0 aromatic carbocycles. The Hall–Kier alpha value is -0.920. The predicted molar refractivity (Wildman–Crippen MR) is 39.1 cm³/mol. The quantitative estimate of drug-likeness (QED) is 0.507. The van der Waals surface area contributed by atoms with E-state index in [1.165, 1.54) is 0 Å². The Morgan fingerprint density at radius 3 is 3.33 bits per heavy atom. The molecule has 48 valence electrons. The van der Waals surface area contributed by atoms with Gasteiger partial charge in [0.05, 0.1) is 0 Å². The Kier molecular flexibility index (Phi) is 1.78. The van der Waals surface area contributed by atoms with Gasteiger partial charge in [0.1, 0.15) is 5.84 Å². The molecular formula is C7H10N2. The molecule has 0 aromatic rings. The molecule has 0 amide bonds. The standard InChI is InChI=1S/C7H10N2/c1-6-3-2-4-9-7(8)5-6/h2-4,6,8H,5H2,1H3. The van der Waals surface area contributed by atoms with Gasteiger partial charge >= 0.3 is 0 Å². The first kappa shape index (κ1) is 6.20. The lowest BCUT2D eigenvalue weighted by Gasteiger charge is -1.98. The Morgan fingerprint density at radius 1 is 1.78 bits per heavy atom. The van der Waals surface area contributed by atoms with E-state index < -0.39 is 0 Å². The van der Waals surface area contributed by atoms with E-state index in [9.17, 15) is 0 Å². The molecule has 9 heavy (non-hydrogen) atoms. The molecule has 0 spiro atoms. The third kappa shape index (κ3) is 1.80. The molecule has 1 rings (SSSR count). The number of nitrogens with one attached hydrogen (secondary N) is 1. The first-order valence-electron chi connectivity index (χ1n) is 3.07. The van der Waals surface area contributed by atoms with Gasteiger partial charge in [-0.25, -0.2) is 4.99 Å². The number of nitrogens with zero attached hydrogens (tertiary/aromatic N) is 1. The number of hydrogen-bond acceptors (Lipinski definition) is 1. The van der Waals surface area contributed by atoms with Crippen LogP contribution in [-0.4, -0.2) is 12.1 Å². The molecule has 0 saturated heterocycles. The maximum Gasteiger partial charge on any atom is 0.120 e. The fourth-order valence-corrected chi connectivity index (χ4v) is 0.798. The van der Waals surface area contributed by atoms with Crippen molar-refractivity contribution in [3.8, 4) is 0 Å². The highest BCUT2D eigenvalue weighted by atomic mass is 14.8. The largest absolute Gasteiger partial charge is 0.287 e. The lowest BCUT2D eigenvalue weighted by Crippen LogP contribution is -1.96. The summed E-state index contributed by atoms with van der Waals surface area (Å²) < 4.78 is 0. The molecule has 1 aliphatic rings. The fourth-order valence-electron chi connectivity index (χ4n) is 0.798. The van der Waals surface area contributed by atoms with Crippen molar-refractivity contribution in [2.45, 2.75) is 13.3 Å². The third-order valence-electron chi connectivity index (χ3n) is 1.27. The van der Waals surface area contributed by atoms with Gasteiger partial charge in [-0.15, -0.1) is 0 Å². The van der Waals surface area contributed by atoms with Gasteiger partial charge in [0.15, 0.2) is 0 Å². The van der Waals surface area contributed by atoms with Crippen LogP contribution in [0.15, 0.2) is 17.1 Å². The van der Waals surface area contributed by atoms with Crippen molar-refractivity contribution in [1.82, 2.24) is 0 Å². The van der Waals surface area contributed by atoms with Gasteiger partial charge in [0.2, 0.25) is 0 Å². The zero-order chi connectivity index (χ0) is 6.69. The number of aliphatic imine (C=N–C) groups is 1. The van der Waals surface area contributed by atoms with Gasteiger partial charge in [-0.05, 0) is 12.0 Å². The highest BCUT2D eigenvalue weighted by Crippen LogP contribution is 2.06. The summed E-state index contributed by atoms with van der Waals surface area (Å²) in [5, 5.41) is 7.22. The van der Waals surface area contributed by atoms with E-state index in [2.05, 4.69) is 18.0 Å². The van der Waals surface area contributed by atoms with Crippen molar-refractivity contribution in [2.24, 2.45) is 10.9 Å². The van der Waals surface area contributed by atoms with E-state index in [4.69, 9.17) is 5.41 Å². The molecule has 0 fully saturated rings. The second-order valence-electron chi connectivity index (χ2n) is 2.29. The Labute approximate surface area is 54.8 Å². The maximum absolute atomic E-state index is 7.22. The van der Waals surface area contributed by atoms with Crippen LogP contribution in [0.3, 0.4) is 0 Å². The molecule has 0 saturated carbocycles. The monoisotopic (exact) mass is 122 g/mol. The topological polar surface area (TPSA) is 36.2 Å². The van der Waals surface area contributed by atoms with E-state index in [1.54, 1.807) is 6.21 Å². The van der Waals surface area contributed by atoms with Gasteiger partial charge in [-0.2, -0.15) is 0 Å². The van der Waals surface area contributed by atoms with Crippen molar-refractivity contribution in [3.63, 3.8) is 0 Å². The summed E-state index contributed by atoms with van der Waals surface area (Å²) in [6.07, 6.45) is 6.40. The molecular weight excluding hydrogens is 112 g/mol. The van der Waals surface area contributed by atoms with Crippen molar-refractivity contribution < 1.29 is 0 Å². The predicted octanol–water partition coefficient (Wildman–Crippen LogP) is 1.63. The minimum absolute atomic E-state index is 0.472. The summed E-state index contributed by atoms with van der Waals surface area (Å²) in [4.78, 5) is 3.85. The third-order valence-corrected chi connectivity index (χ3v) is 1.27. The van der Waals surface area contributed by atoms with Crippen LogP contribution in [0.5, 0.6) is 0 Å². The minimum atomic E-state index is 0.472. The zero-order valence-corrected chi connectivity index (χ0v) is 5.46. The minimum Gasteiger partial charge on any atom is -0.287 e. The molecule has 1 aliphatic heterocycles. The zero-order valence-electron chi connectivity index (χ0n) is 5.46. The number of allylic oxidation sites excluding steroid dienone is 2. The Bertz CT molecular complexity index is 168. The van der Waals surface area contributed by atoms with Crippen molar-refractivity contribution in [3.05, 3.63) is 12.2 Å². The van der Waals surface area contributed by atoms with Gasteiger partial charge in [-0.1, -0.05) is 13.0 Å². The maximum atomic E-state index is 7.22. The molecule has 2 nitrogen and oxygen atoms in total. The first-order chi connectivity index (χ1) is 4.29. The van der Waals surface area contributed by atoms with Crippen molar-refractivity contribution in [2.75, 3.05) is 0 Å². The number of amidine groups is 1. The van der Waals surface area contributed by atoms with E-state index in [-0.39, 0.29) is 0 Å². The first-order valence-corrected chi connectivity index (χ1v) is 3.07. The highest BCUT2D eigenvalue weighted by Gasteiger charge is 2.01. The van der Waals surface area contributed by atoms with Crippen molar-refractivity contribution >= 4 is 12.1 Å². The Morgan fingerprint density at radius 2 is 2.56 bits per heavy atom. The fraction of sp³-hybridized carbons (Fsp3) is 0.429. The number of rotatable bonds is 0. The molecule has 1 atom stereocenters. The second kappa shape index (κ2) is 2.58. The van der Waals surface area contributed by atoms with Crippen LogP contribution in [0.1, 0.15) is 13.3 Å². The SMILES string of the molecule is CC1C=CC=NC(=N)C1. The Balaban J connectivity index is 2.64. The number of hydrogen-bond donors (Lipinski definition) is 1. The molecule has 1 unspecified atom stereocenters. The van der Waals surface area contributed by atoms with Crippen LogP contribution in [0, 0.1) is 11.3 Å². The normalized spacial score (nSPS) is 26.3. The van der Waals surface area contributed by atoms with Crippen LogP contribution in [0.25, 0.3) is 0 Å². The van der Waals surface area contributed by atoms with Crippen LogP contribution in [0.4, 0.5) is 0 Å². The summed E-state index contributed by atoms with van der Waals surface area (Å²) in [5.41, 5.74) is 0. The van der Waals surface area contributed by atoms with Crippen LogP contribution >= 0.6 is 0 Å². The highest BCUT2D eigenvalue weighted by molar-refractivity contribution is 5.91. The molecule has 2 heteroatoms. The van der Waals surface area contributed by atoms with E-state index in [0.717, 1.165) is 6.42 Å². The van der Waals surface area contributed by atoms with Gasteiger partial charge in [0, 0.05) is 12.6 Å². The average Bonchev–Trinajstić information content (AvgIpc) is 1.93. The van der Waals surface area contributed by atoms with Gasteiger partial charge in [0.25, 0.3) is 0 Å². The summed E-state index contributed by atoms with van der Waals surface area (Å²) >= 11 is 0. The summed E-state index contributed by atoms with van der Waals surface area (Å²) in [6, 6.07) is 0. The van der Waals surface area contributed by atoms with E-state index in [0.29, 0.717) is 11.8 Å². The second-order valence-corrected chi connectivity index (χ2v) is 2.29. The summed E-state index contributed by atoms with van der Waals surface area (Å²) in [7, 11) is 0. The average molecular weight is 122 g/mol. The van der Waals surface area contributed by atoms with E-state index >= 15 is 0 Å². The summed E-state index contributed by atoms with van der Waals surface area (Å²) in [5.74, 6) is 0.951. The van der Waals surface area contributed by atoms with Gasteiger partial charge < -0.3 is 0 Å². The molecule has 1 N–H and O–H groups in total. The van der Waals surface area contributed by atoms with Gasteiger partial charge in [-0.3, -0.25) is 5.41 Å². The molecule has 0 aliphatic carbocycles. The molecule has 0 radical (unpaired) electrons.